The van der Waals surface area contributed by atoms with Crippen molar-refractivity contribution in [3.05, 3.63) is 0 Å². The highest BCUT2D eigenvalue weighted by Crippen LogP contribution is 2.28. The number of ether oxygens (including phenoxy) is 2. The summed E-state index contributed by atoms with van der Waals surface area (Å²) in [5.41, 5.74) is 0. The highest BCUT2D eigenvalue weighted by Gasteiger charge is 2.38. The van der Waals surface area contributed by atoms with Crippen molar-refractivity contribution < 1.29 is 24.2 Å². The van der Waals surface area contributed by atoms with Gasteiger partial charge in [-0.1, -0.05) is 0 Å². The molecule has 1 aliphatic carbocycles. The predicted octanol–water partition coefficient (Wildman–Crippen LogP) is 0.393. The number of carbonyl (C=O) groups excluding carboxylic acids is 1. The third-order valence-corrected chi connectivity index (χ3v) is 3.65. The van der Waals surface area contributed by atoms with Crippen molar-refractivity contribution in [3.8, 4) is 0 Å². The molecule has 0 aromatic rings. The Labute approximate surface area is 118 Å². The molecule has 0 aromatic carbocycles. The van der Waals surface area contributed by atoms with E-state index in [9.17, 15) is 9.59 Å². The van der Waals surface area contributed by atoms with Gasteiger partial charge in [0.05, 0.1) is 32.3 Å². The van der Waals surface area contributed by atoms with Gasteiger partial charge in [-0.15, -0.1) is 0 Å². The summed E-state index contributed by atoms with van der Waals surface area (Å²) < 4.78 is 10.3. The van der Waals surface area contributed by atoms with E-state index >= 15 is 0 Å². The Hall–Kier alpha value is -1.34. The van der Waals surface area contributed by atoms with Crippen LogP contribution in [0.3, 0.4) is 0 Å². The lowest BCUT2D eigenvalue weighted by Gasteiger charge is -2.38. The molecule has 20 heavy (non-hydrogen) atoms. The second-order valence-electron chi connectivity index (χ2n) is 5.22. The molecule has 7 heteroatoms. The number of aliphatic carboxylic acids is 1. The molecule has 1 unspecified atom stereocenters. The minimum atomic E-state index is -0.909. The van der Waals surface area contributed by atoms with Crippen molar-refractivity contribution in [3.63, 3.8) is 0 Å². The predicted molar refractivity (Wildman–Crippen MR) is 70.6 cm³/mol. The zero-order valence-electron chi connectivity index (χ0n) is 11.8. The fraction of sp³-hybridized carbons (Fsp3) is 0.846. The first-order chi connectivity index (χ1) is 9.63. The average Bonchev–Trinajstić information content (AvgIpc) is 3.23. The topological polar surface area (TPSA) is 79.3 Å². The van der Waals surface area contributed by atoms with Crippen LogP contribution in [0.5, 0.6) is 0 Å². The highest BCUT2D eigenvalue weighted by molar-refractivity contribution is 5.77. The lowest BCUT2D eigenvalue weighted by Crippen LogP contribution is -2.55. The van der Waals surface area contributed by atoms with Gasteiger partial charge in [0.1, 0.15) is 0 Å². The number of morpholine rings is 1. The van der Waals surface area contributed by atoms with Gasteiger partial charge in [-0.3, -0.25) is 4.79 Å². The second-order valence-corrected chi connectivity index (χ2v) is 5.22. The largest absolute Gasteiger partial charge is 0.481 e. The van der Waals surface area contributed by atoms with Crippen molar-refractivity contribution in [2.45, 2.75) is 31.3 Å². The van der Waals surface area contributed by atoms with Gasteiger partial charge in [0.25, 0.3) is 0 Å². The molecule has 2 rings (SSSR count). The number of methoxy groups -OCH3 is 1. The maximum absolute atomic E-state index is 12.6. The van der Waals surface area contributed by atoms with Gasteiger partial charge in [-0.2, -0.15) is 0 Å². The number of amides is 2. The van der Waals surface area contributed by atoms with Gasteiger partial charge >= 0.3 is 12.0 Å². The molecule has 2 amide bonds. The smallest absolute Gasteiger partial charge is 0.320 e. The van der Waals surface area contributed by atoms with Crippen LogP contribution in [-0.4, -0.2) is 79.0 Å². The van der Waals surface area contributed by atoms with Gasteiger partial charge in [0.2, 0.25) is 0 Å². The molecule has 1 aliphatic heterocycles. The summed E-state index contributed by atoms with van der Waals surface area (Å²) in [6, 6.07) is -0.178. The summed E-state index contributed by atoms with van der Waals surface area (Å²) in [6.45, 7) is 2.26. The molecule has 1 N–H and O–H groups in total. The molecular weight excluding hydrogens is 264 g/mol. The molecule has 114 valence electrons. The first-order valence-electron chi connectivity index (χ1n) is 6.99. The van der Waals surface area contributed by atoms with Gasteiger partial charge in [0, 0.05) is 26.2 Å². The maximum atomic E-state index is 12.6. The van der Waals surface area contributed by atoms with E-state index in [0.717, 1.165) is 12.8 Å². The monoisotopic (exact) mass is 286 g/mol. The third kappa shape index (κ3) is 3.83. The lowest BCUT2D eigenvalue weighted by atomic mass is 10.1. The van der Waals surface area contributed by atoms with E-state index in [4.69, 9.17) is 14.6 Å². The molecule has 7 nitrogen and oxygen atoms in total. The average molecular weight is 286 g/mol. The van der Waals surface area contributed by atoms with Crippen LogP contribution in [0.25, 0.3) is 0 Å². The fourth-order valence-electron chi connectivity index (χ4n) is 2.45. The summed E-state index contributed by atoms with van der Waals surface area (Å²) in [5.74, 6) is -0.909. The van der Waals surface area contributed by atoms with Gasteiger partial charge in [0.15, 0.2) is 0 Å². The molecular formula is C13H22N2O5. The van der Waals surface area contributed by atoms with Crippen molar-refractivity contribution in [2.24, 2.45) is 0 Å². The maximum Gasteiger partial charge on any atom is 0.320 e. The third-order valence-electron chi connectivity index (χ3n) is 3.65. The first kappa shape index (κ1) is 15.1. The second kappa shape index (κ2) is 6.90. The van der Waals surface area contributed by atoms with E-state index in [1.165, 1.54) is 0 Å². The molecule has 0 radical (unpaired) electrons. The number of hydrogen-bond donors (Lipinski definition) is 1. The van der Waals surface area contributed by atoms with Gasteiger partial charge in [-0.05, 0) is 12.8 Å². The highest BCUT2D eigenvalue weighted by atomic mass is 16.5. The van der Waals surface area contributed by atoms with E-state index in [2.05, 4.69) is 0 Å². The van der Waals surface area contributed by atoms with Crippen LogP contribution in [0.2, 0.25) is 0 Å². The van der Waals surface area contributed by atoms with E-state index in [1.54, 1.807) is 12.0 Å². The number of carboxylic acid groups (broad SMARTS) is 1. The van der Waals surface area contributed by atoms with Crippen LogP contribution in [0.15, 0.2) is 0 Å². The molecule has 1 atom stereocenters. The Morgan fingerprint density at radius 3 is 2.80 bits per heavy atom. The Bertz CT molecular complexity index is 359. The van der Waals surface area contributed by atoms with Gasteiger partial charge < -0.3 is 24.4 Å². The minimum absolute atomic E-state index is 0.0749. The Morgan fingerprint density at radius 1 is 1.45 bits per heavy atom. The van der Waals surface area contributed by atoms with Crippen LogP contribution in [0.1, 0.15) is 19.3 Å². The van der Waals surface area contributed by atoms with E-state index in [1.807, 2.05) is 4.90 Å². The normalized spacial score (nSPS) is 22.6. The molecule has 2 fully saturated rings. The van der Waals surface area contributed by atoms with Crippen LogP contribution >= 0.6 is 0 Å². The number of nitrogens with zero attached hydrogens (tertiary/aromatic N) is 2. The van der Waals surface area contributed by atoms with Crippen LogP contribution in [0, 0.1) is 0 Å². The minimum Gasteiger partial charge on any atom is -0.481 e. The zero-order valence-corrected chi connectivity index (χ0v) is 11.8. The summed E-state index contributed by atoms with van der Waals surface area (Å²) in [5, 5.41) is 8.94. The summed E-state index contributed by atoms with van der Waals surface area (Å²) in [7, 11) is 1.61. The van der Waals surface area contributed by atoms with E-state index in [0.29, 0.717) is 32.9 Å². The molecule has 1 saturated carbocycles. The van der Waals surface area contributed by atoms with Crippen molar-refractivity contribution in [2.75, 3.05) is 40.0 Å². The standard InChI is InChI=1S/C13H22N2O5/c1-19-6-4-14(10-2-3-10)13(18)15-5-7-20-9-11(15)8-12(16)17/h10-11H,2-9H2,1H3,(H,16,17). The number of carbonyl (C=O) groups is 2. The molecule has 0 spiro atoms. The SMILES string of the molecule is COCCN(C(=O)N1CCOCC1CC(=O)O)C1CC1. The van der Waals surface area contributed by atoms with E-state index in [-0.39, 0.29) is 24.5 Å². The van der Waals surface area contributed by atoms with Crippen molar-refractivity contribution >= 4 is 12.0 Å². The molecule has 1 heterocycles. The summed E-state index contributed by atoms with van der Waals surface area (Å²) in [4.78, 5) is 27.0. The molecule has 0 bridgehead atoms. The van der Waals surface area contributed by atoms with Crippen LogP contribution in [0.4, 0.5) is 4.79 Å². The summed E-state index contributed by atoms with van der Waals surface area (Å²) >= 11 is 0. The number of carboxylic acids is 1. The number of rotatable bonds is 6. The molecule has 1 saturated heterocycles. The first-order valence-corrected chi connectivity index (χ1v) is 6.99. The lowest BCUT2D eigenvalue weighted by molar-refractivity contribution is -0.139. The zero-order chi connectivity index (χ0) is 14.5. The van der Waals surface area contributed by atoms with Crippen molar-refractivity contribution in [1.82, 2.24) is 9.80 Å². The van der Waals surface area contributed by atoms with Crippen LogP contribution < -0.4 is 0 Å². The fourth-order valence-corrected chi connectivity index (χ4v) is 2.45. The molecule has 2 aliphatic rings. The molecule has 0 aromatic heterocycles. The Morgan fingerprint density at radius 2 is 2.20 bits per heavy atom. The van der Waals surface area contributed by atoms with Gasteiger partial charge in [-0.25, -0.2) is 4.79 Å². The van der Waals surface area contributed by atoms with E-state index < -0.39 is 5.97 Å². The Kier molecular flexibility index (Phi) is 5.19. The number of urea groups is 1. The Balaban J connectivity index is 2.00. The summed E-state index contributed by atoms with van der Waals surface area (Å²) in [6.07, 6.45) is 1.96. The van der Waals surface area contributed by atoms with Crippen molar-refractivity contribution in [1.29, 1.82) is 0 Å². The quantitative estimate of drug-likeness (QED) is 0.764. The number of hydrogen-bond acceptors (Lipinski definition) is 4. The van der Waals surface area contributed by atoms with Crippen LogP contribution in [-0.2, 0) is 14.3 Å².